The Kier molecular flexibility index (Phi) is 4.71. The third-order valence-corrected chi connectivity index (χ3v) is 5.50. The molecule has 0 aromatic heterocycles. The van der Waals surface area contributed by atoms with E-state index in [0.717, 1.165) is 37.8 Å². The van der Waals surface area contributed by atoms with Crippen molar-refractivity contribution < 1.29 is 17.6 Å². The fraction of sp³-hybridized carbons (Fsp3) is 0.417. The van der Waals surface area contributed by atoms with E-state index in [0.29, 0.717) is 0 Å². The van der Waals surface area contributed by atoms with Gasteiger partial charge in [0.2, 0.25) is 0 Å². The maximum absolute atomic E-state index is 13.8. The van der Waals surface area contributed by atoms with Gasteiger partial charge in [0, 0.05) is 21.2 Å². The third kappa shape index (κ3) is 3.51. The van der Waals surface area contributed by atoms with Gasteiger partial charge < -0.3 is 5.32 Å². The number of amides is 1. The summed E-state index contributed by atoms with van der Waals surface area (Å²) in [5, 5.41) is 2.70. The first kappa shape index (κ1) is 15.7. The van der Waals surface area contributed by atoms with Crippen LogP contribution in [0.4, 0.5) is 4.39 Å². The molecule has 1 fully saturated rings. The van der Waals surface area contributed by atoms with Crippen LogP contribution in [0.2, 0.25) is 0 Å². The van der Waals surface area contributed by atoms with Crippen molar-refractivity contribution in [2.75, 3.05) is 0 Å². The Hall–Kier alpha value is -0.660. The van der Waals surface area contributed by atoms with Crippen molar-refractivity contribution in [1.29, 1.82) is 0 Å². The summed E-state index contributed by atoms with van der Waals surface area (Å²) >= 11 is 2.92. The minimum atomic E-state index is -4.05. The van der Waals surface area contributed by atoms with Crippen molar-refractivity contribution in [2.24, 2.45) is 0 Å². The van der Waals surface area contributed by atoms with Crippen LogP contribution in [0.5, 0.6) is 0 Å². The van der Waals surface area contributed by atoms with Gasteiger partial charge in [-0.2, -0.15) is 0 Å². The minimum Gasteiger partial charge on any atom is -0.349 e. The number of benzene rings is 1. The van der Waals surface area contributed by atoms with Crippen LogP contribution in [0.15, 0.2) is 21.5 Å². The second kappa shape index (κ2) is 5.99. The van der Waals surface area contributed by atoms with E-state index in [-0.39, 0.29) is 21.0 Å². The summed E-state index contributed by atoms with van der Waals surface area (Å²) in [6.45, 7) is 0. The Morgan fingerprint density at radius 2 is 1.95 bits per heavy atom. The topological polar surface area (TPSA) is 63.2 Å². The fourth-order valence-electron chi connectivity index (χ4n) is 2.22. The SMILES string of the molecule is O=C(NC1CCCC1)c1cc(S(=O)(=O)Cl)c(Br)cc1F. The Morgan fingerprint density at radius 1 is 1.35 bits per heavy atom. The van der Waals surface area contributed by atoms with Gasteiger partial charge in [-0.25, -0.2) is 12.8 Å². The monoisotopic (exact) mass is 383 g/mol. The predicted octanol–water partition coefficient (Wildman–Crippen LogP) is 3.19. The second-order valence-electron chi connectivity index (χ2n) is 4.66. The first-order valence-electron chi connectivity index (χ1n) is 6.03. The molecule has 1 amide bonds. The highest BCUT2D eigenvalue weighted by Crippen LogP contribution is 2.28. The summed E-state index contributed by atoms with van der Waals surface area (Å²) < 4.78 is 36.5. The van der Waals surface area contributed by atoms with Gasteiger partial charge in [0.15, 0.2) is 0 Å². The molecule has 0 saturated heterocycles. The Morgan fingerprint density at radius 3 is 2.50 bits per heavy atom. The van der Waals surface area contributed by atoms with Gasteiger partial charge >= 0.3 is 0 Å². The molecule has 0 unspecified atom stereocenters. The van der Waals surface area contributed by atoms with Crippen molar-refractivity contribution in [2.45, 2.75) is 36.6 Å². The maximum atomic E-state index is 13.8. The van der Waals surface area contributed by atoms with Crippen LogP contribution in [0.1, 0.15) is 36.0 Å². The predicted molar refractivity (Wildman–Crippen MR) is 76.9 cm³/mol. The van der Waals surface area contributed by atoms with E-state index < -0.39 is 20.8 Å². The highest BCUT2D eigenvalue weighted by atomic mass is 79.9. The van der Waals surface area contributed by atoms with E-state index in [2.05, 4.69) is 21.2 Å². The third-order valence-electron chi connectivity index (χ3n) is 3.22. The molecule has 0 heterocycles. The molecule has 8 heteroatoms. The molecule has 2 rings (SSSR count). The molecule has 4 nitrogen and oxygen atoms in total. The zero-order valence-electron chi connectivity index (χ0n) is 10.3. The largest absolute Gasteiger partial charge is 0.349 e. The quantitative estimate of drug-likeness (QED) is 0.814. The number of hydrogen-bond acceptors (Lipinski definition) is 3. The molecular formula is C12H12BrClFNO3S. The normalized spacial score (nSPS) is 16.4. The molecule has 1 aliphatic rings. The van der Waals surface area contributed by atoms with Gasteiger partial charge in [0.1, 0.15) is 5.82 Å². The molecular weight excluding hydrogens is 373 g/mol. The number of carbonyl (C=O) groups excluding carboxylic acids is 1. The number of nitrogens with one attached hydrogen (secondary N) is 1. The van der Waals surface area contributed by atoms with Gasteiger partial charge in [-0.1, -0.05) is 12.8 Å². The van der Waals surface area contributed by atoms with Crippen molar-refractivity contribution in [3.8, 4) is 0 Å². The van der Waals surface area contributed by atoms with Gasteiger partial charge in [-0.3, -0.25) is 4.79 Å². The van der Waals surface area contributed by atoms with Crippen molar-refractivity contribution in [3.63, 3.8) is 0 Å². The van der Waals surface area contributed by atoms with E-state index in [9.17, 15) is 17.6 Å². The lowest BCUT2D eigenvalue weighted by molar-refractivity contribution is 0.0933. The maximum Gasteiger partial charge on any atom is 0.262 e. The lowest BCUT2D eigenvalue weighted by Crippen LogP contribution is -2.33. The molecule has 1 aromatic rings. The average molecular weight is 385 g/mol. The van der Waals surface area contributed by atoms with E-state index in [4.69, 9.17) is 10.7 Å². The van der Waals surface area contributed by atoms with E-state index in [1.54, 1.807) is 0 Å². The van der Waals surface area contributed by atoms with Gasteiger partial charge in [-0.05, 0) is 40.9 Å². The van der Waals surface area contributed by atoms with Crippen molar-refractivity contribution >= 4 is 41.6 Å². The summed E-state index contributed by atoms with van der Waals surface area (Å²) in [6.07, 6.45) is 3.75. The summed E-state index contributed by atoms with van der Waals surface area (Å²) in [5.74, 6) is -1.42. The highest BCUT2D eigenvalue weighted by Gasteiger charge is 2.24. The van der Waals surface area contributed by atoms with E-state index >= 15 is 0 Å². The molecule has 0 atom stereocenters. The fourth-order valence-corrected chi connectivity index (χ4v) is 4.39. The minimum absolute atomic E-state index is 0.0117. The van der Waals surface area contributed by atoms with Crippen LogP contribution in [0, 0.1) is 5.82 Å². The van der Waals surface area contributed by atoms with Crippen LogP contribution in [-0.4, -0.2) is 20.4 Å². The number of rotatable bonds is 3. The van der Waals surface area contributed by atoms with Crippen LogP contribution in [0.3, 0.4) is 0 Å². The average Bonchev–Trinajstić information content (AvgIpc) is 2.79. The molecule has 1 saturated carbocycles. The summed E-state index contributed by atoms with van der Waals surface area (Å²) in [6, 6.07) is 1.90. The van der Waals surface area contributed by atoms with Crippen molar-refractivity contribution in [1.82, 2.24) is 5.32 Å². The smallest absolute Gasteiger partial charge is 0.262 e. The zero-order valence-corrected chi connectivity index (χ0v) is 13.5. The van der Waals surface area contributed by atoms with Gasteiger partial charge in [0.05, 0.1) is 10.5 Å². The highest BCUT2D eigenvalue weighted by molar-refractivity contribution is 9.10. The molecule has 0 bridgehead atoms. The number of carbonyl (C=O) groups is 1. The number of halogens is 3. The molecule has 110 valence electrons. The molecule has 1 aliphatic carbocycles. The molecule has 0 aliphatic heterocycles. The Balaban J connectivity index is 2.33. The molecule has 0 radical (unpaired) electrons. The summed E-state index contributed by atoms with van der Waals surface area (Å²) in [4.78, 5) is 11.7. The number of hydrogen-bond donors (Lipinski definition) is 1. The van der Waals surface area contributed by atoms with Crippen LogP contribution >= 0.6 is 26.6 Å². The van der Waals surface area contributed by atoms with Crippen LogP contribution < -0.4 is 5.32 Å². The standard InChI is InChI=1S/C12H12BrClFNO3S/c13-9-6-10(15)8(5-11(9)20(14,18)19)12(17)16-7-3-1-2-4-7/h5-7H,1-4H2,(H,16,17). The van der Waals surface area contributed by atoms with E-state index in [1.807, 2.05) is 0 Å². The van der Waals surface area contributed by atoms with E-state index in [1.165, 1.54) is 0 Å². The van der Waals surface area contributed by atoms with Crippen LogP contribution in [0.25, 0.3) is 0 Å². The Bertz CT molecular complexity index is 644. The molecule has 1 aromatic carbocycles. The molecule has 0 spiro atoms. The Labute approximate surface area is 129 Å². The summed E-state index contributed by atoms with van der Waals surface area (Å²) in [5.41, 5.74) is -0.320. The van der Waals surface area contributed by atoms with Gasteiger partial charge in [-0.15, -0.1) is 0 Å². The summed E-state index contributed by atoms with van der Waals surface area (Å²) in [7, 11) is 1.20. The van der Waals surface area contributed by atoms with Crippen molar-refractivity contribution in [3.05, 3.63) is 28.0 Å². The lowest BCUT2D eigenvalue weighted by atomic mass is 10.1. The zero-order chi connectivity index (χ0) is 14.9. The van der Waals surface area contributed by atoms with Gasteiger partial charge in [0.25, 0.3) is 15.0 Å². The lowest BCUT2D eigenvalue weighted by Gasteiger charge is -2.13. The molecule has 20 heavy (non-hydrogen) atoms. The second-order valence-corrected chi connectivity index (χ2v) is 8.04. The van der Waals surface area contributed by atoms with Crippen LogP contribution in [-0.2, 0) is 9.05 Å². The first-order chi connectivity index (χ1) is 9.29. The molecule has 1 N–H and O–H groups in total. The first-order valence-corrected chi connectivity index (χ1v) is 9.14.